The van der Waals surface area contributed by atoms with E-state index in [2.05, 4.69) is 44.9 Å². The lowest BCUT2D eigenvalue weighted by molar-refractivity contribution is 0.182. The second kappa shape index (κ2) is 6.38. The molecule has 1 aromatic heterocycles. The number of nitrogens with two attached hydrogens (primary N) is 1. The van der Waals surface area contributed by atoms with Crippen LogP contribution in [0.2, 0.25) is 0 Å². The van der Waals surface area contributed by atoms with Gasteiger partial charge >= 0.3 is 0 Å². The van der Waals surface area contributed by atoms with Crippen LogP contribution in [0.15, 0.2) is 12.1 Å². The Hall–Kier alpha value is -0.380. The van der Waals surface area contributed by atoms with Crippen molar-refractivity contribution < 1.29 is 0 Å². The number of aryl methyl sites for hydroxylation is 1. The van der Waals surface area contributed by atoms with Gasteiger partial charge in [-0.1, -0.05) is 13.3 Å². The molecule has 0 saturated carbocycles. The number of hydrogen-bond donors (Lipinski definition) is 1. The Morgan fingerprint density at radius 2 is 2.12 bits per heavy atom. The predicted molar refractivity (Wildman–Crippen MR) is 73.0 cm³/mol. The van der Waals surface area contributed by atoms with Gasteiger partial charge < -0.3 is 5.73 Å². The van der Waals surface area contributed by atoms with E-state index in [0.717, 1.165) is 0 Å². The van der Waals surface area contributed by atoms with E-state index in [1.807, 2.05) is 11.3 Å². The average Bonchev–Trinajstić information content (AvgIpc) is 2.66. The Balaban J connectivity index is 2.73. The van der Waals surface area contributed by atoms with Crippen LogP contribution in [0.25, 0.3) is 0 Å². The molecule has 0 aromatic carbocycles. The van der Waals surface area contributed by atoms with Crippen LogP contribution < -0.4 is 5.73 Å². The number of nitrogens with zero attached hydrogens (tertiary/aromatic N) is 1. The minimum absolute atomic E-state index is 0.375. The standard InChI is InChI=1S/C13H24N2S/c1-5-6-10(2)15(4)12(9-14)13-8-7-11(3)16-13/h7-8,10,12H,5-6,9,14H2,1-4H3. The quantitative estimate of drug-likeness (QED) is 0.827. The highest BCUT2D eigenvalue weighted by molar-refractivity contribution is 7.12. The Morgan fingerprint density at radius 3 is 2.56 bits per heavy atom. The van der Waals surface area contributed by atoms with Crippen molar-refractivity contribution >= 4 is 11.3 Å². The third-order valence-corrected chi connectivity index (χ3v) is 4.31. The molecule has 0 aliphatic heterocycles. The van der Waals surface area contributed by atoms with Crippen LogP contribution in [0, 0.1) is 6.92 Å². The second-order valence-electron chi connectivity index (χ2n) is 4.50. The molecule has 16 heavy (non-hydrogen) atoms. The molecule has 2 atom stereocenters. The molecule has 0 aliphatic rings. The van der Waals surface area contributed by atoms with Gasteiger partial charge in [0.2, 0.25) is 0 Å². The molecule has 0 fully saturated rings. The van der Waals surface area contributed by atoms with Gasteiger partial charge in [-0.25, -0.2) is 0 Å². The number of thiophene rings is 1. The summed E-state index contributed by atoms with van der Waals surface area (Å²) in [6.45, 7) is 7.37. The van der Waals surface area contributed by atoms with E-state index in [9.17, 15) is 0 Å². The Kier molecular flexibility index (Phi) is 5.46. The van der Waals surface area contributed by atoms with Crippen molar-refractivity contribution in [2.24, 2.45) is 5.73 Å². The summed E-state index contributed by atoms with van der Waals surface area (Å²) >= 11 is 1.86. The molecule has 2 N–H and O–H groups in total. The molecule has 0 spiro atoms. The lowest BCUT2D eigenvalue weighted by atomic mass is 10.1. The van der Waals surface area contributed by atoms with Gasteiger partial charge in [-0.3, -0.25) is 4.90 Å². The molecule has 1 heterocycles. The number of rotatable bonds is 6. The minimum Gasteiger partial charge on any atom is -0.329 e. The average molecular weight is 240 g/mol. The van der Waals surface area contributed by atoms with E-state index in [0.29, 0.717) is 18.6 Å². The summed E-state index contributed by atoms with van der Waals surface area (Å²) in [5.41, 5.74) is 5.91. The first kappa shape index (κ1) is 13.7. The SMILES string of the molecule is CCCC(C)N(C)C(CN)c1ccc(C)s1. The summed E-state index contributed by atoms with van der Waals surface area (Å²) in [5, 5.41) is 0. The maximum absolute atomic E-state index is 5.91. The molecule has 0 amide bonds. The fraction of sp³-hybridized carbons (Fsp3) is 0.692. The maximum atomic E-state index is 5.91. The zero-order valence-corrected chi connectivity index (χ0v) is 11.7. The third kappa shape index (κ3) is 3.30. The summed E-state index contributed by atoms with van der Waals surface area (Å²) in [5.74, 6) is 0. The van der Waals surface area contributed by atoms with Gasteiger partial charge in [0.05, 0.1) is 6.04 Å². The van der Waals surface area contributed by atoms with Crippen molar-refractivity contribution in [2.75, 3.05) is 13.6 Å². The van der Waals surface area contributed by atoms with Crippen LogP contribution in [-0.4, -0.2) is 24.5 Å². The van der Waals surface area contributed by atoms with E-state index in [-0.39, 0.29) is 0 Å². The lowest BCUT2D eigenvalue weighted by Crippen LogP contribution is -2.36. The summed E-state index contributed by atoms with van der Waals surface area (Å²) in [4.78, 5) is 5.17. The first-order chi connectivity index (χ1) is 7.60. The molecule has 1 rings (SSSR count). The van der Waals surface area contributed by atoms with E-state index in [4.69, 9.17) is 5.73 Å². The van der Waals surface area contributed by atoms with Crippen molar-refractivity contribution in [3.05, 3.63) is 21.9 Å². The fourth-order valence-corrected chi connectivity index (χ4v) is 3.09. The summed E-state index contributed by atoms with van der Waals surface area (Å²) < 4.78 is 0. The van der Waals surface area contributed by atoms with Gasteiger partial charge in [0.15, 0.2) is 0 Å². The monoisotopic (exact) mass is 240 g/mol. The van der Waals surface area contributed by atoms with Crippen molar-refractivity contribution in [2.45, 2.75) is 45.7 Å². The smallest absolute Gasteiger partial charge is 0.0564 e. The van der Waals surface area contributed by atoms with E-state index >= 15 is 0 Å². The third-order valence-electron chi connectivity index (χ3n) is 3.21. The molecular weight excluding hydrogens is 216 g/mol. The van der Waals surface area contributed by atoms with E-state index in [1.165, 1.54) is 22.6 Å². The second-order valence-corrected chi connectivity index (χ2v) is 5.82. The zero-order valence-electron chi connectivity index (χ0n) is 10.9. The number of hydrogen-bond acceptors (Lipinski definition) is 3. The van der Waals surface area contributed by atoms with Gasteiger partial charge in [-0.05, 0) is 39.4 Å². The van der Waals surface area contributed by atoms with E-state index in [1.54, 1.807) is 0 Å². The van der Waals surface area contributed by atoms with Crippen LogP contribution in [0.1, 0.15) is 42.5 Å². The van der Waals surface area contributed by atoms with Gasteiger partial charge in [-0.2, -0.15) is 0 Å². The molecule has 0 radical (unpaired) electrons. The largest absolute Gasteiger partial charge is 0.329 e. The van der Waals surface area contributed by atoms with Crippen LogP contribution in [0.5, 0.6) is 0 Å². The normalized spacial score (nSPS) is 15.4. The Morgan fingerprint density at radius 1 is 1.44 bits per heavy atom. The van der Waals surface area contributed by atoms with Gasteiger partial charge in [-0.15, -0.1) is 11.3 Å². The van der Waals surface area contributed by atoms with Crippen molar-refractivity contribution in [3.63, 3.8) is 0 Å². The molecular formula is C13H24N2S. The topological polar surface area (TPSA) is 29.3 Å². The van der Waals surface area contributed by atoms with Crippen molar-refractivity contribution in [1.82, 2.24) is 4.90 Å². The van der Waals surface area contributed by atoms with E-state index < -0.39 is 0 Å². The molecule has 0 aliphatic carbocycles. The molecule has 92 valence electrons. The van der Waals surface area contributed by atoms with Crippen LogP contribution >= 0.6 is 11.3 Å². The molecule has 0 saturated heterocycles. The summed E-state index contributed by atoms with van der Waals surface area (Å²) in [6, 6.07) is 5.37. The highest BCUT2D eigenvalue weighted by atomic mass is 32.1. The van der Waals surface area contributed by atoms with Crippen LogP contribution in [0.4, 0.5) is 0 Å². The summed E-state index contributed by atoms with van der Waals surface area (Å²) in [6.07, 6.45) is 2.46. The zero-order chi connectivity index (χ0) is 12.1. The first-order valence-corrected chi connectivity index (χ1v) is 6.90. The first-order valence-electron chi connectivity index (χ1n) is 6.08. The molecule has 1 aromatic rings. The Labute approximate surface area is 103 Å². The molecule has 2 unspecified atom stereocenters. The van der Waals surface area contributed by atoms with Gasteiger partial charge in [0.1, 0.15) is 0 Å². The predicted octanol–water partition coefficient (Wildman–Crippen LogP) is 3.18. The summed E-state index contributed by atoms with van der Waals surface area (Å²) in [7, 11) is 2.19. The highest BCUT2D eigenvalue weighted by Gasteiger charge is 2.20. The molecule has 2 nitrogen and oxygen atoms in total. The van der Waals surface area contributed by atoms with Gasteiger partial charge in [0.25, 0.3) is 0 Å². The molecule has 0 bridgehead atoms. The van der Waals surface area contributed by atoms with Crippen LogP contribution in [-0.2, 0) is 0 Å². The highest BCUT2D eigenvalue weighted by Crippen LogP contribution is 2.27. The molecule has 3 heteroatoms. The van der Waals surface area contributed by atoms with Crippen LogP contribution in [0.3, 0.4) is 0 Å². The maximum Gasteiger partial charge on any atom is 0.0564 e. The lowest BCUT2D eigenvalue weighted by Gasteiger charge is -2.31. The Bertz CT molecular complexity index is 309. The van der Waals surface area contributed by atoms with Crippen molar-refractivity contribution in [1.29, 1.82) is 0 Å². The van der Waals surface area contributed by atoms with Crippen molar-refractivity contribution in [3.8, 4) is 0 Å². The van der Waals surface area contributed by atoms with Gasteiger partial charge in [0, 0.05) is 22.3 Å². The minimum atomic E-state index is 0.375. The number of likely N-dealkylation sites (N-methyl/N-ethyl adjacent to an activating group) is 1. The fourth-order valence-electron chi connectivity index (χ4n) is 2.04.